The molecule has 1 aliphatic rings. The van der Waals surface area contributed by atoms with E-state index in [1.54, 1.807) is 13.3 Å². The number of aromatic nitrogens is 1. The normalized spacial score (nSPS) is 17.1. The molecule has 1 amide bonds. The van der Waals surface area contributed by atoms with Crippen LogP contribution in [0.5, 0.6) is 5.75 Å². The Balaban J connectivity index is 1.56. The van der Waals surface area contributed by atoms with Gasteiger partial charge < -0.3 is 24.7 Å². The summed E-state index contributed by atoms with van der Waals surface area (Å²) in [5.41, 5.74) is 3.53. The number of ether oxygens (including phenoxy) is 1. The van der Waals surface area contributed by atoms with Gasteiger partial charge in [0.15, 0.2) is 5.11 Å². The van der Waals surface area contributed by atoms with Crippen molar-refractivity contribution in [2.45, 2.75) is 39.8 Å². The fraction of sp³-hybridized carbons (Fsp3) is 0.258. The number of methoxy groups -OCH3 is 1. The Morgan fingerprint density at radius 3 is 2.60 bits per heavy atom. The van der Waals surface area contributed by atoms with E-state index in [1.807, 2.05) is 99.3 Å². The molecule has 2 aromatic heterocycles. The maximum atomic E-state index is 12.7. The van der Waals surface area contributed by atoms with Crippen LogP contribution in [0.1, 0.15) is 49.9 Å². The molecule has 0 bridgehead atoms. The second kappa shape index (κ2) is 10.9. The highest BCUT2D eigenvalue weighted by Gasteiger charge is 2.43. The maximum absolute atomic E-state index is 12.7. The van der Waals surface area contributed by atoms with Crippen LogP contribution in [0, 0.1) is 12.3 Å². The number of rotatable bonds is 6. The van der Waals surface area contributed by atoms with Crippen molar-refractivity contribution >= 4 is 46.2 Å². The van der Waals surface area contributed by atoms with Gasteiger partial charge in [-0.25, -0.2) is 0 Å². The van der Waals surface area contributed by atoms with Crippen molar-refractivity contribution in [1.29, 1.82) is 0 Å². The molecule has 4 aromatic rings. The summed E-state index contributed by atoms with van der Waals surface area (Å²) in [6.07, 6.45) is 1.76. The molecule has 2 aromatic carbocycles. The summed E-state index contributed by atoms with van der Waals surface area (Å²) in [5.74, 6) is 1.82. The SMILES string of the molecule is COc1cc(N2C(=S)N[C@@H](c3ccccn3)[C@H]2c2ccc(-c3ccc(C)c(Cl)c3)o2)ccc1NC(=O)C(C)(C)C. The predicted octanol–water partition coefficient (Wildman–Crippen LogP) is 7.47. The predicted molar refractivity (Wildman–Crippen MR) is 163 cm³/mol. The molecular formula is C31H31ClN4O3S. The van der Waals surface area contributed by atoms with Crippen molar-refractivity contribution in [2.24, 2.45) is 5.41 Å². The molecule has 40 heavy (non-hydrogen) atoms. The maximum Gasteiger partial charge on any atom is 0.229 e. The monoisotopic (exact) mass is 574 g/mol. The fourth-order valence-electron chi connectivity index (χ4n) is 4.58. The van der Waals surface area contributed by atoms with Crippen molar-refractivity contribution in [1.82, 2.24) is 10.3 Å². The van der Waals surface area contributed by atoms with Crippen LogP contribution in [0.4, 0.5) is 11.4 Å². The van der Waals surface area contributed by atoms with Crippen molar-refractivity contribution < 1.29 is 13.9 Å². The van der Waals surface area contributed by atoms with Gasteiger partial charge in [0.2, 0.25) is 5.91 Å². The topological polar surface area (TPSA) is 79.6 Å². The van der Waals surface area contributed by atoms with Gasteiger partial charge in [0.25, 0.3) is 0 Å². The Labute approximate surface area is 244 Å². The number of amides is 1. The number of halogens is 1. The van der Waals surface area contributed by atoms with E-state index in [1.165, 1.54) is 0 Å². The van der Waals surface area contributed by atoms with Crippen LogP contribution >= 0.6 is 23.8 Å². The molecule has 2 atom stereocenters. The van der Waals surface area contributed by atoms with E-state index in [0.29, 0.717) is 33.1 Å². The largest absolute Gasteiger partial charge is 0.494 e. The van der Waals surface area contributed by atoms with E-state index < -0.39 is 5.41 Å². The number of carbonyl (C=O) groups excluding carboxylic acids is 1. The second-order valence-electron chi connectivity index (χ2n) is 10.8. The van der Waals surface area contributed by atoms with Gasteiger partial charge in [-0.1, -0.05) is 50.6 Å². The molecule has 0 unspecified atom stereocenters. The van der Waals surface area contributed by atoms with Crippen LogP contribution in [0.2, 0.25) is 5.02 Å². The molecule has 5 rings (SSSR count). The lowest BCUT2D eigenvalue weighted by Gasteiger charge is -2.27. The van der Waals surface area contributed by atoms with Crippen LogP contribution in [0.3, 0.4) is 0 Å². The van der Waals surface area contributed by atoms with E-state index in [4.69, 9.17) is 33.0 Å². The lowest BCUT2D eigenvalue weighted by atomic mass is 9.95. The molecule has 2 N–H and O–H groups in total. The first-order chi connectivity index (χ1) is 19.1. The van der Waals surface area contributed by atoms with Gasteiger partial charge in [0.1, 0.15) is 23.3 Å². The van der Waals surface area contributed by atoms with Crippen molar-refractivity contribution in [3.63, 3.8) is 0 Å². The van der Waals surface area contributed by atoms with Crippen molar-refractivity contribution in [2.75, 3.05) is 17.3 Å². The Bertz CT molecular complexity index is 1560. The number of benzene rings is 2. The molecule has 0 aliphatic carbocycles. The summed E-state index contributed by atoms with van der Waals surface area (Å²) in [6, 6.07) is 20.5. The number of furan rings is 1. The van der Waals surface area contributed by atoms with E-state index >= 15 is 0 Å². The van der Waals surface area contributed by atoms with Crippen LogP contribution in [0.15, 0.2) is 77.3 Å². The summed E-state index contributed by atoms with van der Waals surface area (Å²) >= 11 is 12.3. The Morgan fingerprint density at radius 2 is 1.93 bits per heavy atom. The third kappa shape index (κ3) is 5.42. The summed E-state index contributed by atoms with van der Waals surface area (Å²) < 4.78 is 12.1. The Hall–Kier alpha value is -3.88. The zero-order valence-electron chi connectivity index (χ0n) is 23.0. The lowest BCUT2D eigenvalue weighted by molar-refractivity contribution is -0.123. The number of nitrogens with zero attached hydrogens (tertiary/aromatic N) is 2. The smallest absolute Gasteiger partial charge is 0.229 e. The number of carbonyl (C=O) groups is 1. The average molecular weight is 575 g/mol. The molecule has 0 saturated carbocycles. The molecular weight excluding hydrogens is 544 g/mol. The first kappa shape index (κ1) is 27.7. The van der Waals surface area contributed by atoms with Crippen molar-refractivity contribution in [3.8, 4) is 17.1 Å². The van der Waals surface area contributed by atoms with Gasteiger partial charge in [-0.2, -0.15) is 0 Å². The Morgan fingerprint density at radius 1 is 1.12 bits per heavy atom. The molecule has 3 heterocycles. The van der Waals surface area contributed by atoms with Gasteiger partial charge in [-0.3, -0.25) is 9.78 Å². The molecule has 1 aliphatic heterocycles. The first-order valence-corrected chi connectivity index (χ1v) is 13.7. The standard InChI is InChI=1S/C31H31ClN4O3S/c1-18-9-10-19(16-21(18)32)24-13-14-25(39-24)28-27(23-8-6-7-15-33-23)35-30(40)36(28)20-11-12-22(26(17-20)38-5)34-29(37)31(2,3)4/h6-17,27-28H,1-5H3,(H,34,37)(H,35,40)/t27-,28+/m0/s1. The number of pyridine rings is 1. The third-order valence-electron chi connectivity index (χ3n) is 6.87. The first-order valence-electron chi connectivity index (χ1n) is 12.9. The molecule has 9 heteroatoms. The number of thiocarbonyl (C=S) groups is 1. The zero-order chi connectivity index (χ0) is 28.6. The van der Waals surface area contributed by atoms with E-state index in [9.17, 15) is 4.79 Å². The van der Waals surface area contributed by atoms with Crippen LogP contribution < -0.4 is 20.3 Å². The van der Waals surface area contributed by atoms with Gasteiger partial charge >= 0.3 is 0 Å². The lowest BCUT2D eigenvalue weighted by Crippen LogP contribution is -2.30. The van der Waals surface area contributed by atoms with E-state index in [2.05, 4.69) is 15.6 Å². The molecule has 0 spiro atoms. The minimum absolute atomic E-state index is 0.107. The highest BCUT2D eigenvalue weighted by molar-refractivity contribution is 7.80. The summed E-state index contributed by atoms with van der Waals surface area (Å²) in [5, 5.41) is 7.61. The minimum atomic E-state index is -0.552. The molecule has 1 saturated heterocycles. The van der Waals surface area contributed by atoms with Crippen LogP contribution in [-0.2, 0) is 4.79 Å². The molecule has 0 radical (unpaired) electrons. The minimum Gasteiger partial charge on any atom is -0.494 e. The molecule has 1 fully saturated rings. The highest BCUT2D eigenvalue weighted by atomic mass is 35.5. The highest BCUT2D eigenvalue weighted by Crippen LogP contribution is 2.44. The van der Waals surface area contributed by atoms with E-state index in [-0.39, 0.29) is 18.0 Å². The quantitative estimate of drug-likeness (QED) is 0.231. The zero-order valence-corrected chi connectivity index (χ0v) is 24.6. The fourth-order valence-corrected chi connectivity index (χ4v) is 5.10. The van der Waals surface area contributed by atoms with Gasteiger partial charge in [-0.15, -0.1) is 0 Å². The number of hydrogen-bond donors (Lipinski definition) is 2. The summed E-state index contributed by atoms with van der Waals surface area (Å²) in [6.45, 7) is 7.56. The second-order valence-corrected chi connectivity index (χ2v) is 11.5. The molecule has 206 valence electrons. The third-order valence-corrected chi connectivity index (χ3v) is 7.59. The number of anilines is 2. The van der Waals surface area contributed by atoms with Crippen LogP contribution in [-0.4, -0.2) is 23.1 Å². The van der Waals surface area contributed by atoms with Gasteiger partial charge in [-0.05, 0) is 67.2 Å². The van der Waals surface area contributed by atoms with Crippen molar-refractivity contribution in [3.05, 3.63) is 95.0 Å². The number of hydrogen-bond acceptors (Lipinski definition) is 5. The van der Waals surface area contributed by atoms with Crippen LogP contribution in [0.25, 0.3) is 11.3 Å². The van der Waals surface area contributed by atoms with Gasteiger partial charge in [0, 0.05) is 34.0 Å². The van der Waals surface area contributed by atoms with E-state index in [0.717, 1.165) is 22.5 Å². The molecule has 7 nitrogen and oxygen atoms in total. The number of nitrogens with one attached hydrogen (secondary N) is 2. The number of aryl methyl sites for hydroxylation is 1. The summed E-state index contributed by atoms with van der Waals surface area (Å²) in [7, 11) is 1.58. The average Bonchev–Trinajstić information content (AvgIpc) is 3.55. The van der Waals surface area contributed by atoms with Gasteiger partial charge in [0.05, 0.1) is 24.5 Å². The Kier molecular flexibility index (Phi) is 7.57. The summed E-state index contributed by atoms with van der Waals surface area (Å²) in [4.78, 5) is 19.3.